The Bertz CT molecular complexity index is 258. The van der Waals surface area contributed by atoms with Gasteiger partial charge in [-0.2, -0.15) is 4.98 Å². The molecule has 0 saturated heterocycles. The zero-order chi connectivity index (χ0) is 9.84. The molecule has 74 valence electrons. The molecule has 1 aromatic heterocycles. The Morgan fingerprint density at radius 3 is 2.69 bits per heavy atom. The zero-order valence-corrected chi connectivity index (χ0v) is 8.32. The van der Waals surface area contributed by atoms with Gasteiger partial charge in [0.15, 0.2) is 0 Å². The second-order valence-corrected chi connectivity index (χ2v) is 3.25. The van der Waals surface area contributed by atoms with Gasteiger partial charge in [0.2, 0.25) is 5.89 Å². The maximum Gasteiger partial charge on any atom is 0.265 e. The van der Waals surface area contributed by atoms with E-state index in [2.05, 4.69) is 10.1 Å². The van der Waals surface area contributed by atoms with Gasteiger partial charge in [0.05, 0.1) is 0 Å². The van der Waals surface area contributed by atoms with Crippen molar-refractivity contribution in [3.05, 3.63) is 5.89 Å². The van der Waals surface area contributed by atoms with Crippen molar-refractivity contribution in [2.24, 2.45) is 5.73 Å². The Kier molecular flexibility index (Phi) is 3.25. The second-order valence-electron chi connectivity index (χ2n) is 3.25. The molecule has 1 aromatic rings. The van der Waals surface area contributed by atoms with Crippen molar-refractivity contribution in [3.63, 3.8) is 0 Å². The summed E-state index contributed by atoms with van der Waals surface area (Å²) in [5.41, 5.74) is 5.75. The van der Waals surface area contributed by atoms with Crippen LogP contribution in [0.2, 0.25) is 0 Å². The van der Waals surface area contributed by atoms with Crippen molar-refractivity contribution in [3.8, 4) is 0 Å². The number of rotatable bonds is 4. The van der Waals surface area contributed by atoms with Crippen molar-refractivity contribution >= 4 is 5.95 Å². The molecule has 0 bridgehead atoms. The third-order valence-corrected chi connectivity index (χ3v) is 1.82. The molecule has 0 fully saturated rings. The molecule has 0 aromatic carbocycles. The highest BCUT2D eigenvalue weighted by Gasteiger charge is 2.10. The summed E-state index contributed by atoms with van der Waals surface area (Å²) in [5, 5.41) is 3.79. The van der Waals surface area contributed by atoms with Crippen LogP contribution in [0.3, 0.4) is 0 Å². The Labute approximate surface area is 77.9 Å². The summed E-state index contributed by atoms with van der Waals surface area (Å²) < 4.78 is 5.02. The van der Waals surface area contributed by atoms with Crippen LogP contribution in [0.15, 0.2) is 4.52 Å². The predicted molar refractivity (Wildman–Crippen MR) is 50.6 cm³/mol. The SMILES string of the molecule is CCC(N)Cc1nc(N(C)C)no1. The molecular formula is C8H16N4O. The van der Waals surface area contributed by atoms with Gasteiger partial charge in [-0.1, -0.05) is 6.92 Å². The molecule has 13 heavy (non-hydrogen) atoms. The van der Waals surface area contributed by atoms with E-state index in [0.717, 1.165) is 6.42 Å². The third-order valence-electron chi connectivity index (χ3n) is 1.82. The fourth-order valence-electron chi connectivity index (χ4n) is 0.879. The molecule has 0 aliphatic heterocycles. The first-order valence-corrected chi connectivity index (χ1v) is 4.39. The summed E-state index contributed by atoms with van der Waals surface area (Å²) >= 11 is 0. The molecule has 5 nitrogen and oxygen atoms in total. The minimum Gasteiger partial charge on any atom is -0.344 e. The number of anilines is 1. The van der Waals surface area contributed by atoms with Crippen molar-refractivity contribution < 1.29 is 4.52 Å². The molecule has 1 rings (SSSR count). The first kappa shape index (κ1) is 9.98. The molecule has 1 unspecified atom stereocenters. The molecule has 0 amide bonds. The van der Waals surface area contributed by atoms with Gasteiger partial charge in [-0.25, -0.2) is 0 Å². The van der Waals surface area contributed by atoms with Crippen LogP contribution in [0.1, 0.15) is 19.2 Å². The van der Waals surface area contributed by atoms with Crippen LogP contribution in [-0.4, -0.2) is 30.3 Å². The van der Waals surface area contributed by atoms with Gasteiger partial charge in [0.1, 0.15) is 0 Å². The largest absolute Gasteiger partial charge is 0.344 e. The van der Waals surface area contributed by atoms with E-state index in [1.54, 1.807) is 4.90 Å². The van der Waals surface area contributed by atoms with E-state index in [1.807, 2.05) is 21.0 Å². The Morgan fingerprint density at radius 1 is 1.54 bits per heavy atom. The van der Waals surface area contributed by atoms with E-state index in [0.29, 0.717) is 18.3 Å². The van der Waals surface area contributed by atoms with E-state index in [-0.39, 0.29) is 6.04 Å². The highest BCUT2D eigenvalue weighted by Crippen LogP contribution is 2.07. The van der Waals surface area contributed by atoms with Gasteiger partial charge in [-0.05, 0) is 11.6 Å². The molecule has 2 N–H and O–H groups in total. The first-order chi connectivity index (χ1) is 6.13. The summed E-state index contributed by atoms with van der Waals surface area (Å²) in [6.45, 7) is 2.04. The Hall–Kier alpha value is -1.10. The van der Waals surface area contributed by atoms with Crippen molar-refractivity contribution in [1.29, 1.82) is 0 Å². The number of hydrogen-bond acceptors (Lipinski definition) is 5. The molecule has 0 aliphatic rings. The van der Waals surface area contributed by atoms with Crippen LogP contribution in [0.25, 0.3) is 0 Å². The summed E-state index contributed by atoms with van der Waals surface area (Å²) in [7, 11) is 3.74. The predicted octanol–water partition coefficient (Wildman–Crippen LogP) is 0.415. The summed E-state index contributed by atoms with van der Waals surface area (Å²) in [4.78, 5) is 5.96. The lowest BCUT2D eigenvalue weighted by atomic mass is 10.2. The maximum atomic E-state index is 5.75. The number of nitrogens with two attached hydrogens (primary N) is 1. The van der Waals surface area contributed by atoms with Crippen LogP contribution < -0.4 is 10.6 Å². The average molecular weight is 184 g/mol. The minimum absolute atomic E-state index is 0.107. The quantitative estimate of drug-likeness (QED) is 0.734. The molecule has 5 heteroatoms. The van der Waals surface area contributed by atoms with Gasteiger partial charge >= 0.3 is 0 Å². The van der Waals surface area contributed by atoms with Gasteiger partial charge in [-0.15, -0.1) is 0 Å². The van der Waals surface area contributed by atoms with Crippen molar-refractivity contribution in [2.45, 2.75) is 25.8 Å². The standard InChI is InChI=1S/C8H16N4O/c1-4-6(9)5-7-10-8(11-13-7)12(2)3/h6H,4-5,9H2,1-3H3. The van der Waals surface area contributed by atoms with E-state index >= 15 is 0 Å². The molecule has 0 saturated carbocycles. The topological polar surface area (TPSA) is 68.2 Å². The fourth-order valence-corrected chi connectivity index (χ4v) is 0.879. The molecule has 1 atom stereocenters. The van der Waals surface area contributed by atoms with Gasteiger partial charge in [-0.3, -0.25) is 0 Å². The molecule has 0 spiro atoms. The van der Waals surface area contributed by atoms with Gasteiger partial charge in [0.25, 0.3) is 5.95 Å². The number of nitrogens with zero attached hydrogens (tertiary/aromatic N) is 3. The average Bonchev–Trinajstić information content (AvgIpc) is 2.52. The fraction of sp³-hybridized carbons (Fsp3) is 0.750. The highest BCUT2D eigenvalue weighted by molar-refractivity contribution is 5.23. The second kappa shape index (κ2) is 4.23. The molecule has 0 radical (unpaired) electrons. The van der Waals surface area contributed by atoms with Crippen molar-refractivity contribution in [2.75, 3.05) is 19.0 Å². The number of aromatic nitrogens is 2. The van der Waals surface area contributed by atoms with E-state index in [4.69, 9.17) is 10.3 Å². The first-order valence-electron chi connectivity index (χ1n) is 4.39. The van der Waals surface area contributed by atoms with E-state index < -0.39 is 0 Å². The lowest BCUT2D eigenvalue weighted by Gasteiger charge is -2.04. The van der Waals surface area contributed by atoms with E-state index in [1.165, 1.54) is 0 Å². The molecular weight excluding hydrogens is 168 g/mol. The monoisotopic (exact) mass is 184 g/mol. The zero-order valence-electron chi connectivity index (χ0n) is 8.32. The van der Waals surface area contributed by atoms with Crippen LogP contribution >= 0.6 is 0 Å². The van der Waals surface area contributed by atoms with Gasteiger partial charge in [0, 0.05) is 26.6 Å². The van der Waals surface area contributed by atoms with Crippen LogP contribution in [-0.2, 0) is 6.42 Å². The third kappa shape index (κ3) is 2.69. The van der Waals surface area contributed by atoms with Gasteiger partial charge < -0.3 is 15.2 Å². The minimum atomic E-state index is 0.107. The smallest absolute Gasteiger partial charge is 0.265 e. The normalized spacial score (nSPS) is 12.9. The summed E-state index contributed by atoms with van der Waals surface area (Å²) in [6.07, 6.45) is 1.57. The highest BCUT2D eigenvalue weighted by atomic mass is 16.5. The summed E-state index contributed by atoms with van der Waals surface area (Å²) in [5.74, 6) is 1.20. The lowest BCUT2D eigenvalue weighted by molar-refractivity contribution is 0.367. The van der Waals surface area contributed by atoms with Crippen LogP contribution in [0.5, 0.6) is 0 Å². The maximum absolute atomic E-state index is 5.75. The van der Waals surface area contributed by atoms with E-state index in [9.17, 15) is 0 Å². The van der Waals surface area contributed by atoms with Crippen LogP contribution in [0.4, 0.5) is 5.95 Å². The number of hydrogen-bond donors (Lipinski definition) is 1. The Morgan fingerprint density at radius 2 is 2.23 bits per heavy atom. The van der Waals surface area contributed by atoms with Crippen LogP contribution in [0, 0.1) is 0 Å². The van der Waals surface area contributed by atoms with Crippen molar-refractivity contribution in [1.82, 2.24) is 10.1 Å². The lowest BCUT2D eigenvalue weighted by Crippen LogP contribution is -2.21. The summed E-state index contributed by atoms with van der Waals surface area (Å²) in [6, 6.07) is 0.107. The molecule has 0 aliphatic carbocycles. The Balaban J connectivity index is 2.58. The molecule has 1 heterocycles.